The van der Waals surface area contributed by atoms with E-state index < -0.39 is 11.6 Å². The van der Waals surface area contributed by atoms with Crippen LogP contribution in [0.2, 0.25) is 0 Å². The van der Waals surface area contributed by atoms with Crippen LogP contribution in [0.25, 0.3) is 11.3 Å². The van der Waals surface area contributed by atoms with Crippen LogP contribution < -0.4 is 14.5 Å². The van der Waals surface area contributed by atoms with Gasteiger partial charge in [-0.15, -0.1) is 0 Å². The minimum atomic E-state index is -0.564. The Morgan fingerprint density at radius 2 is 1.75 bits per heavy atom. The maximum atomic E-state index is 15.1. The van der Waals surface area contributed by atoms with Crippen molar-refractivity contribution in [3.8, 4) is 17.0 Å². The number of benzene rings is 2. The molecule has 1 saturated heterocycles. The summed E-state index contributed by atoms with van der Waals surface area (Å²) in [4.78, 5) is 15.9. The summed E-state index contributed by atoms with van der Waals surface area (Å²) in [5.74, 6) is 0.281. The molecular formula is C32H39F2N5O. The van der Waals surface area contributed by atoms with Crippen molar-refractivity contribution >= 4 is 11.4 Å². The van der Waals surface area contributed by atoms with E-state index in [-0.39, 0.29) is 17.5 Å². The summed E-state index contributed by atoms with van der Waals surface area (Å²) in [7, 11) is 4.34. The summed E-state index contributed by atoms with van der Waals surface area (Å²) in [5, 5.41) is 0. The fraction of sp³-hybridized carbons (Fsp3) is 0.500. The number of piperidine rings is 1. The molecule has 1 aromatic heterocycles. The number of hydrogen-bond donors (Lipinski definition) is 0. The SMILES string of the molecule is CC(C)N1CCOc2c(F)cc(-c3nc(Cc4ccc(N5CCC(N(C)C)CC5)c(C5CC5)c4)ncc3F)cc21. The highest BCUT2D eigenvalue weighted by atomic mass is 19.1. The molecule has 3 heterocycles. The van der Waals surface area contributed by atoms with Crippen molar-refractivity contribution in [1.29, 1.82) is 0 Å². The average molecular weight is 548 g/mol. The van der Waals surface area contributed by atoms with Gasteiger partial charge < -0.3 is 19.4 Å². The molecule has 212 valence electrons. The molecule has 3 aromatic rings. The molecule has 0 atom stereocenters. The number of aromatic nitrogens is 2. The van der Waals surface area contributed by atoms with Gasteiger partial charge in [0.25, 0.3) is 0 Å². The maximum absolute atomic E-state index is 15.1. The van der Waals surface area contributed by atoms with Gasteiger partial charge in [-0.2, -0.15) is 0 Å². The van der Waals surface area contributed by atoms with Crippen molar-refractivity contribution in [3.05, 3.63) is 65.1 Å². The first-order chi connectivity index (χ1) is 19.3. The predicted molar refractivity (Wildman–Crippen MR) is 156 cm³/mol. The summed E-state index contributed by atoms with van der Waals surface area (Å²) in [6.07, 6.45) is 6.50. The fourth-order valence-electron chi connectivity index (χ4n) is 6.19. The van der Waals surface area contributed by atoms with Gasteiger partial charge >= 0.3 is 0 Å². The molecule has 6 nitrogen and oxygen atoms in total. The lowest BCUT2D eigenvalue weighted by Crippen LogP contribution is -2.42. The highest BCUT2D eigenvalue weighted by molar-refractivity contribution is 5.72. The maximum Gasteiger partial charge on any atom is 0.178 e. The second kappa shape index (κ2) is 11.0. The predicted octanol–water partition coefficient (Wildman–Crippen LogP) is 6.03. The molecular weight excluding hydrogens is 508 g/mol. The topological polar surface area (TPSA) is 44.7 Å². The lowest BCUT2D eigenvalue weighted by molar-refractivity contribution is 0.249. The molecule has 1 saturated carbocycles. The van der Waals surface area contributed by atoms with Gasteiger partial charge in [-0.3, -0.25) is 0 Å². The van der Waals surface area contributed by atoms with Gasteiger partial charge in [0.2, 0.25) is 0 Å². The molecule has 0 unspecified atom stereocenters. The zero-order valence-corrected chi connectivity index (χ0v) is 24.0. The van der Waals surface area contributed by atoms with Gasteiger partial charge in [0.15, 0.2) is 17.4 Å². The van der Waals surface area contributed by atoms with Crippen LogP contribution in [0.3, 0.4) is 0 Å². The van der Waals surface area contributed by atoms with E-state index in [0.717, 1.165) is 18.7 Å². The number of fused-ring (bicyclic) bond motifs is 1. The average Bonchev–Trinajstić information content (AvgIpc) is 3.79. The molecule has 1 aliphatic carbocycles. The van der Waals surface area contributed by atoms with E-state index >= 15 is 8.78 Å². The minimum absolute atomic E-state index is 0.115. The molecule has 40 heavy (non-hydrogen) atoms. The number of hydrogen-bond acceptors (Lipinski definition) is 6. The van der Waals surface area contributed by atoms with Crippen LogP contribution in [0.15, 0.2) is 36.5 Å². The molecule has 0 bridgehead atoms. The molecule has 0 radical (unpaired) electrons. The largest absolute Gasteiger partial charge is 0.486 e. The van der Waals surface area contributed by atoms with E-state index in [2.05, 4.69) is 70.8 Å². The quantitative estimate of drug-likeness (QED) is 0.360. The van der Waals surface area contributed by atoms with Crippen LogP contribution in [0, 0.1) is 11.6 Å². The third kappa shape index (κ3) is 5.38. The molecule has 8 heteroatoms. The number of ether oxygens (including phenoxy) is 1. The monoisotopic (exact) mass is 547 g/mol. The second-order valence-corrected chi connectivity index (χ2v) is 12.0. The summed E-state index contributed by atoms with van der Waals surface area (Å²) >= 11 is 0. The molecule has 2 aliphatic heterocycles. The fourth-order valence-corrected chi connectivity index (χ4v) is 6.19. The normalized spacial score (nSPS) is 17.9. The molecule has 2 aromatic carbocycles. The van der Waals surface area contributed by atoms with Crippen molar-refractivity contribution in [3.63, 3.8) is 0 Å². The number of halogens is 2. The minimum Gasteiger partial charge on any atom is -0.486 e. The van der Waals surface area contributed by atoms with Crippen LogP contribution in [0.5, 0.6) is 5.75 Å². The summed E-state index contributed by atoms with van der Waals surface area (Å²) < 4.78 is 35.7. The Morgan fingerprint density at radius 1 is 0.975 bits per heavy atom. The van der Waals surface area contributed by atoms with Crippen LogP contribution >= 0.6 is 0 Å². The van der Waals surface area contributed by atoms with E-state index in [4.69, 9.17) is 4.74 Å². The summed E-state index contributed by atoms with van der Waals surface area (Å²) in [5.41, 5.74) is 5.02. The van der Waals surface area contributed by atoms with Crippen molar-refractivity contribution in [1.82, 2.24) is 14.9 Å². The molecule has 0 spiro atoms. The van der Waals surface area contributed by atoms with E-state index in [1.165, 1.54) is 49.2 Å². The van der Waals surface area contributed by atoms with Crippen molar-refractivity contribution < 1.29 is 13.5 Å². The van der Waals surface area contributed by atoms with Crippen LogP contribution in [0.1, 0.15) is 62.4 Å². The smallest absolute Gasteiger partial charge is 0.178 e. The van der Waals surface area contributed by atoms with Gasteiger partial charge in [-0.1, -0.05) is 12.1 Å². The number of anilines is 2. The van der Waals surface area contributed by atoms with Crippen LogP contribution in [0.4, 0.5) is 20.2 Å². The van der Waals surface area contributed by atoms with Crippen molar-refractivity contribution in [2.75, 3.05) is 50.1 Å². The Hall–Kier alpha value is -3.26. The summed E-state index contributed by atoms with van der Waals surface area (Å²) in [6, 6.07) is 10.6. The first-order valence-corrected chi connectivity index (χ1v) is 14.6. The Kier molecular flexibility index (Phi) is 7.38. The van der Waals surface area contributed by atoms with Crippen LogP contribution in [-0.2, 0) is 6.42 Å². The Labute approximate surface area is 236 Å². The van der Waals surface area contributed by atoms with Gasteiger partial charge in [-0.25, -0.2) is 18.7 Å². The first kappa shape index (κ1) is 26.9. The van der Waals surface area contributed by atoms with Crippen molar-refractivity contribution in [2.24, 2.45) is 0 Å². The van der Waals surface area contributed by atoms with Crippen molar-refractivity contribution in [2.45, 2.75) is 64.0 Å². The summed E-state index contributed by atoms with van der Waals surface area (Å²) in [6.45, 7) is 7.32. The molecule has 6 rings (SSSR count). The zero-order valence-electron chi connectivity index (χ0n) is 24.0. The van der Waals surface area contributed by atoms with Gasteiger partial charge in [-0.05, 0) is 88.9 Å². The zero-order chi connectivity index (χ0) is 28.0. The van der Waals surface area contributed by atoms with E-state index in [1.807, 2.05) is 0 Å². The van der Waals surface area contributed by atoms with Crippen LogP contribution in [-0.4, -0.2) is 67.3 Å². The number of nitrogens with zero attached hydrogens (tertiary/aromatic N) is 5. The van der Waals surface area contributed by atoms with E-state index in [0.29, 0.717) is 48.6 Å². The molecule has 3 aliphatic rings. The van der Waals surface area contributed by atoms with E-state index in [1.54, 1.807) is 6.07 Å². The highest BCUT2D eigenvalue weighted by Crippen LogP contribution is 2.45. The Balaban J connectivity index is 1.27. The van der Waals surface area contributed by atoms with E-state index in [9.17, 15) is 0 Å². The molecule has 0 N–H and O–H groups in total. The standard InChI is InChI=1S/C32H39F2N5O/c1-20(2)39-13-14-40-32-26(33)17-23(18-29(32)39)31-27(34)19-35-30(36-31)16-21-5-8-28(25(15-21)22-6-7-22)38-11-9-24(10-12-38)37(3)4/h5,8,15,17-20,22,24H,6-7,9-14,16H2,1-4H3. The third-order valence-electron chi connectivity index (χ3n) is 8.61. The first-order valence-electron chi connectivity index (χ1n) is 14.6. The van der Waals surface area contributed by atoms with Gasteiger partial charge in [0.05, 0.1) is 18.4 Å². The Morgan fingerprint density at radius 3 is 2.45 bits per heavy atom. The number of rotatable bonds is 7. The highest BCUT2D eigenvalue weighted by Gasteiger charge is 2.30. The lowest BCUT2D eigenvalue weighted by Gasteiger charge is -2.37. The molecule has 2 fully saturated rings. The van der Waals surface area contributed by atoms with Gasteiger partial charge in [0, 0.05) is 42.8 Å². The van der Waals surface area contributed by atoms with Gasteiger partial charge in [0.1, 0.15) is 18.1 Å². The third-order valence-corrected chi connectivity index (χ3v) is 8.61. The lowest BCUT2D eigenvalue weighted by atomic mass is 9.98. The molecule has 0 amide bonds. The Bertz CT molecular complexity index is 1380. The second-order valence-electron chi connectivity index (χ2n) is 12.0.